The first-order valence-electron chi connectivity index (χ1n) is 8.97. The number of halogens is 1. The van der Waals surface area contributed by atoms with Crippen LogP contribution >= 0.6 is 11.6 Å². The molecule has 0 unspecified atom stereocenters. The van der Waals surface area contributed by atoms with Gasteiger partial charge in [-0.25, -0.2) is 0 Å². The normalized spacial score (nSPS) is 16.4. The van der Waals surface area contributed by atoms with E-state index in [-0.39, 0.29) is 11.8 Å². The number of rotatable bonds is 4. The Morgan fingerprint density at radius 3 is 2.48 bits per heavy atom. The molecule has 2 aromatic carbocycles. The average Bonchev–Trinajstić information content (AvgIpc) is 3.18. The largest absolute Gasteiger partial charge is 0.508 e. The lowest BCUT2D eigenvalue weighted by Crippen LogP contribution is -2.47. The van der Waals surface area contributed by atoms with Gasteiger partial charge in [-0.05, 0) is 49.4 Å². The number of aromatic nitrogens is 2. The van der Waals surface area contributed by atoms with Crippen LogP contribution in [0, 0.1) is 0 Å². The number of hydrogen-bond acceptors (Lipinski definition) is 6. The summed E-state index contributed by atoms with van der Waals surface area (Å²) < 4.78 is 5.90. The maximum atomic E-state index is 9.44. The highest BCUT2D eigenvalue weighted by Crippen LogP contribution is 2.27. The molecule has 1 aliphatic rings. The fourth-order valence-electron chi connectivity index (χ4n) is 3.33. The Hall–Kier alpha value is -2.57. The van der Waals surface area contributed by atoms with E-state index in [2.05, 4.69) is 26.9 Å². The van der Waals surface area contributed by atoms with Crippen LogP contribution in [0.4, 0.5) is 5.69 Å². The van der Waals surface area contributed by atoms with Crippen LogP contribution in [0.15, 0.2) is 52.9 Å². The number of piperazine rings is 1. The zero-order valence-electron chi connectivity index (χ0n) is 15.0. The molecule has 0 bridgehead atoms. The smallest absolute Gasteiger partial charge is 0.247 e. The highest BCUT2D eigenvalue weighted by Gasteiger charge is 2.26. The number of phenols is 1. The molecule has 27 heavy (non-hydrogen) atoms. The summed E-state index contributed by atoms with van der Waals surface area (Å²) in [5.41, 5.74) is 1.95. The van der Waals surface area contributed by atoms with Crippen molar-refractivity contribution in [2.24, 2.45) is 0 Å². The Kier molecular flexibility index (Phi) is 5.01. The van der Waals surface area contributed by atoms with Crippen molar-refractivity contribution in [3.63, 3.8) is 0 Å². The molecule has 7 heteroatoms. The summed E-state index contributed by atoms with van der Waals surface area (Å²) in [4.78, 5) is 4.65. The molecular weight excluding hydrogens is 364 g/mol. The fourth-order valence-corrected chi connectivity index (χ4v) is 3.52. The summed E-state index contributed by atoms with van der Waals surface area (Å²) in [5.74, 6) is 1.39. The zero-order valence-corrected chi connectivity index (χ0v) is 15.8. The van der Waals surface area contributed by atoms with E-state index < -0.39 is 0 Å². The van der Waals surface area contributed by atoms with Gasteiger partial charge in [0.1, 0.15) is 5.75 Å². The van der Waals surface area contributed by atoms with Crippen LogP contribution in [0.1, 0.15) is 18.9 Å². The molecular formula is C20H21ClN4O2. The molecule has 1 saturated heterocycles. The van der Waals surface area contributed by atoms with E-state index >= 15 is 0 Å². The molecule has 1 aromatic heterocycles. The Morgan fingerprint density at radius 1 is 1.04 bits per heavy atom. The predicted molar refractivity (Wildman–Crippen MR) is 105 cm³/mol. The molecule has 3 aromatic rings. The van der Waals surface area contributed by atoms with Crippen LogP contribution in [0.25, 0.3) is 11.5 Å². The van der Waals surface area contributed by atoms with Crippen LogP contribution in [0.3, 0.4) is 0 Å². The maximum Gasteiger partial charge on any atom is 0.247 e. The van der Waals surface area contributed by atoms with Crippen molar-refractivity contribution in [3.05, 3.63) is 59.4 Å². The van der Waals surface area contributed by atoms with Gasteiger partial charge in [-0.3, -0.25) is 4.90 Å². The molecule has 1 aliphatic heterocycles. The first-order valence-corrected chi connectivity index (χ1v) is 9.35. The Morgan fingerprint density at radius 2 is 1.78 bits per heavy atom. The first kappa shape index (κ1) is 17.8. The summed E-state index contributed by atoms with van der Waals surface area (Å²) in [6.45, 7) is 5.70. The van der Waals surface area contributed by atoms with Crippen molar-refractivity contribution in [2.45, 2.75) is 13.0 Å². The quantitative estimate of drug-likeness (QED) is 0.734. The second-order valence-corrected chi connectivity index (χ2v) is 7.11. The third-order valence-corrected chi connectivity index (χ3v) is 5.18. The summed E-state index contributed by atoms with van der Waals surface area (Å²) in [6.07, 6.45) is 0. The lowest BCUT2D eigenvalue weighted by Gasteiger charge is -2.38. The van der Waals surface area contributed by atoms with Crippen molar-refractivity contribution in [3.8, 4) is 17.2 Å². The predicted octanol–water partition coefficient (Wildman–Crippen LogP) is 3.98. The molecule has 4 rings (SSSR count). The number of hydrogen-bond donors (Lipinski definition) is 1. The van der Waals surface area contributed by atoms with Gasteiger partial charge in [0.2, 0.25) is 11.8 Å². The number of benzene rings is 2. The van der Waals surface area contributed by atoms with Gasteiger partial charge in [0.05, 0.1) is 6.04 Å². The van der Waals surface area contributed by atoms with E-state index in [1.54, 1.807) is 12.1 Å². The van der Waals surface area contributed by atoms with Gasteiger partial charge in [-0.2, -0.15) is 0 Å². The van der Waals surface area contributed by atoms with Crippen LogP contribution in [0.2, 0.25) is 5.02 Å². The molecule has 0 radical (unpaired) electrons. The molecule has 1 N–H and O–H groups in total. The molecule has 6 nitrogen and oxygen atoms in total. The van der Waals surface area contributed by atoms with Crippen molar-refractivity contribution in [1.82, 2.24) is 15.1 Å². The fraction of sp³-hybridized carbons (Fsp3) is 0.300. The van der Waals surface area contributed by atoms with E-state index in [1.165, 1.54) is 0 Å². The summed E-state index contributed by atoms with van der Waals surface area (Å²) in [7, 11) is 0. The van der Waals surface area contributed by atoms with E-state index in [0.717, 1.165) is 37.4 Å². The molecule has 0 aliphatic carbocycles. The van der Waals surface area contributed by atoms with Gasteiger partial charge in [-0.15, -0.1) is 10.2 Å². The Balaban J connectivity index is 1.41. The molecule has 1 atom stereocenters. The summed E-state index contributed by atoms with van der Waals surface area (Å²) >= 11 is 6.04. The Labute approximate surface area is 163 Å². The topological polar surface area (TPSA) is 65.6 Å². The van der Waals surface area contributed by atoms with Gasteiger partial charge in [0.25, 0.3) is 0 Å². The SMILES string of the molecule is C[C@@H](c1nnc(-c2cccc(Cl)c2)o1)N1CCN(c2ccc(O)cc2)CC1. The molecule has 140 valence electrons. The minimum Gasteiger partial charge on any atom is -0.508 e. The van der Waals surface area contributed by atoms with Gasteiger partial charge in [0.15, 0.2) is 0 Å². The average molecular weight is 385 g/mol. The van der Waals surface area contributed by atoms with Crippen molar-refractivity contribution in [2.75, 3.05) is 31.1 Å². The van der Waals surface area contributed by atoms with E-state index in [9.17, 15) is 5.11 Å². The zero-order chi connectivity index (χ0) is 18.8. The van der Waals surface area contributed by atoms with Crippen LogP contribution in [-0.2, 0) is 0 Å². The van der Waals surface area contributed by atoms with Gasteiger partial charge >= 0.3 is 0 Å². The van der Waals surface area contributed by atoms with Crippen LogP contribution in [0.5, 0.6) is 5.75 Å². The van der Waals surface area contributed by atoms with Crippen molar-refractivity contribution >= 4 is 17.3 Å². The molecule has 0 saturated carbocycles. The molecule has 0 spiro atoms. The monoisotopic (exact) mass is 384 g/mol. The highest BCUT2D eigenvalue weighted by molar-refractivity contribution is 6.30. The maximum absolute atomic E-state index is 9.44. The summed E-state index contributed by atoms with van der Waals surface area (Å²) in [6, 6.07) is 14.8. The molecule has 1 fully saturated rings. The standard InChI is InChI=1S/C20H21ClN4O2/c1-14(19-22-23-20(27-19)15-3-2-4-16(21)13-15)24-9-11-25(12-10-24)17-5-7-18(26)8-6-17/h2-8,13-14,26H,9-12H2,1H3/t14-/m0/s1. The third kappa shape index (κ3) is 3.91. The Bertz CT molecular complexity index is 904. The van der Waals surface area contributed by atoms with E-state index in [0.29, 0.717) is 16.8 Å². The second kappa shape index (κ2) is 7.58. The van der Waals surface area contributed by atoms with Crippen molar-refractivity contribution < 1.29 is 9.52 Å². The number of aromatic hydroxyl groups is 1. The first-order chi connectivity index (χ1) is 13.1. The number of phenolic OH excluding ortho intramolecular Hbond substituents is 1. The van der Waals surface area contributed by atoms with Gasteiger partial charge in [-0.1, -0.05) is 17.7 Å². The minimum absolute atomic E-state index is 0.0485. The number of nitrogens with zero attached hydrogens (tertiary/aromatic N) is 4. The van der Waals surface area contributed by atoms with E-state index in [4.69, 9.17) is 16.0 Å². The summed E-state index contributed by atoms with van der Waals surface area (Å²) in [5, 5.41) is 18.5. The van der Waals surface area contributed by atoms with Crippen LogP contribution in [-0.4, -0.2) is 46.4 Å². The van der Waals surface area contributed by atoms with Gasteiger partial charge < -0.3 is 14.4 Å². The van der Waals surface area contributed by atoms with E-state index in [1.807, 2.05) is 36.4 Å². The number of anilines is 1. The third-order valence-electron chi connectivity index (χ3n) is 4.95. The lowest BCUT2D eigenvalue weighted by atomic mass is 10.2. The lowest BCUT2D eigenvalue weighted by molar-refractivity contribution is 0.174. The molecule has 0 amide bonds. The highest BCUT2D eigenvalue weighted by atomic mass is 35.5. The van der Waals surface area contributed by atoms with Crippen molar-refractivity contribution in [1.29, 1.82) is 0 Å². The second-order valence-electron chi connectivity index (χ2n) is 6.67. The van der Waals surface area contributed by atoms with Crippen LogP contribution < -0.4 is 4.90 Å². The van der Waals surface area contributed by atoms with Gasteiger partial charge in [0, 0.05) is 42.5 Å². The molecule has 2 heterocycles. The minimum atomic E-state index is 0.0485.